The van der Waals surface area contributed by atoms with Gasteiger partial charge in [0.25, 0.3) is 0 Å². The fourth-order valence-corrected chi connectivity index (χ4v) is 2.46. The summed E-state index contributed by atoms with van der Waals surface area (Å²) in [4.78, 5) is 2.04. The average Bonchev–Trinajstić information content (AvgIpc) is 2.66. The van der Waals surface area contributed by atoms with Crippen LogP contribution in [-0.2, 0) is 5.54 Å². The molecule has 0 radical (unpaired) electrons. The molecule has 1 aliphatic heterocycles. The van der Waals surface area contributed by atoms with E-state index in [2.05, 4.69) is 12.2 Å². The summed E-state index contributed by atoms with van der Waals surface area (Å²) in [5, 5.41) is 3.48. The van der Waals surface area contributed by atoms with E-state index in [4.69, 9.17) is 0 Å². The largest absolute Gasteiger partial charge is 0.377 e. The third-order valence-corrected chi connectivity index (χ3v) is 3.40. The second kappa shape index (κ2) is 4.06. The average molecular weight is 222 g/mol. The molecule has 1 saturated heterocycles. The van der Waals surface area contributed by atoms with Gasteiger partial charge in [0.05, 0.1) is 0 Å². The maximum Gasteiger partial charge on any atom is 0.123 e. The van der Waals surface area contributed by atoms with Crippen LogP contribution in [0.4, 0.5) is 10.1 Å². The molecule has 1 N–H and O–H groups in total. The molecule has 16 heavy (non-hydrogen) atoms. The first kappa shape index (κ1) is 11.4. The molecule has 3 heteroatoms. The molecule has 88 valence electrons. The Hall–Kier alpha value is -1.09. The van der Waals surface area contributed by atoms with Gasteiger partial charge < -0.3 is 10.2 Å². The zero-order chi connectivity index (χ0) is 11.8. The van der Waals surface area contributed by atoms with Crippen molar-refractivity contribution in [2.75, 3.05) is 25.5 Å². The summed E-state index contributed by atoms with van der Waals surface area (Å²) in [7, 11) is 3.99. The lowest BCUT2D eigenvalue weighted by Gasteiger charge is -2.30. The molecule has 1 aliphatic rings. The molecular weight excluding hydrogens is 203 g/mol. The monoisotopic (exact) mass is 222 g/mol. The Morgan fingerprint density at radius 1 is 1.38 bits per heavy atom. The van der Waals surface area contributed by atoms with Crippen molar-refractivity contribution in [3.05, 3.63) is 29.6 Å². The third-order valence-electron chi connectivity index (χ3n) is 3.40. The Kier molecular flexibility index (Phi) is 2.89. The highest BCUT2D eigenvalue weighted by Crippen LogP contribution is 2.36. The van der Waals surface area contributed by atoms with Crippen molar-refractivity contribution in [2.24, 2.45) is 0 Å². The molecule has 2 nitrogen and oxygen atoms in total. The Morgan fingerprint density at radius 3 is 2.69 bits per heavy atom. The van der Waals surface area contributed by atoms with E-state index in [1.807, 2.05) is 25.1 Å². The van der Waals surface area contributed by atoms with Crippen molar-refractivity contribution < 1.29 is 4.39 Å². The minimum Gasteiger partial charge on any atom is -0.377 e. The van der Waals surface area contributed by atoms with Crippen LogP contribution in [-0.4, -0.2) is 20.6 Å². The van der Waals surface area contributed by atoms with Gasteiger partial charge in [-0.1, -0.05) is 0 Å². The molecule has 1 atom stereocenters. The Balaban J connectivity index is 2.48. The van der Waals surface area contributed by atoms with Crippen molar-refractivity contribution >= 4 is 5.69 Å². The van der Waals surface area contributed by atoms with Gasteiger partial charge in [0.15, 0.2) is 0 Å². The van der Waals surface area contributed by atoms with Gasteiger partial charge in [0, 0.05) is 25.3 Å². The maximum absolute atomic E-state index is 13.4. The van der Waals surface area contributed by atoms with E-state index in [0.717, 1.165) is 30.6 Å². The number of benzene rings is 1. The van der Waals surface area contributed by atoms with Gasteiger partial charge in [-0.25, -0.2) is 4.39 Å². The zero-order valence-corrected chi connectivity index (χ0v) is 10.2. The fraction of sp³-hybridized carbons (Fsp3) is 0.538. The molecule has 0 bridgehead atoms. The fourth-order valence-electron chi connectivity index (χ4n) is 2.46. The van der Waals surface area contributed by atoms with E-state index < -0.39 is 0 Å². The first-order valence-corrected chi connectivity index (χ1v) is 5.75. The van der Waals surface area contributed by atoms with Gasteiger partial charge >= 0.3 is 0 Å². The Labute approximate surface area is 96.5 Å². The summed E-state index contributed by atoms with van der Waals surface area (Å²) in [6.45, 7) is 3.17. The molecule has 1 fully saturated rings. The van der Waals surface area contributed by atoms with Gasteiger partial charge in [0.1, 0.15) is 5.82 Å². The Morgan fingerprint density at radius 2 is 2.12 bits per heavy atom. The number of hydrogen-bond donors (Lipinski definition) is 1. The molecular formula is C13H19FN2. The number of rotatable bonds is 2. The number of hydrogen-bond acceptors (Lipinski definition) is 2. The smallest absolute Gasteiger partial charge is 0.123 e. The molecule has 1 aromatic rings. The van der Waals surface area contributed by atoms with Crippen LogP contribution in [0, 0.1) is 5.82 Å². The van der Waals surface area contributed by atoms with Crippen LogP contribution in [0.3, 0.4) is 0 Å². The van der Waals surface area contributed by atoms with E-state index in [1.165, 1.54) is 6.07 Å². The van der Waals surface area contributed by atoms with E-state index in [1.54, 1.807) is 6.07 Å². The summed E-state index contributed by atoms with van der Waals surface area (Å²) in [5.74, 6) is -0.157. The SMILES string of the molecule is CN(C)c1ccc(F)cc1C1(C)CCCN1. The van der Waals surface area contributed by atoms with Crippen LogP contribution in [0.1, 0.15) is 25.3 Å². The van der Waals surface area contributed by atoms with E-state index in [9.17, 15) is 4.39 Å². The first-order chi connectivity index (χ1) is 7.53. The lowest BCUT2D eigenvalue weighted by atomic mass is 9.89. The quantitative estimate of drug-likeness (QED) is 0.827. The summed E-state index contributed by atoms with van der Waals surface area (Å²) in [6, 6.07) is 5.04. The van der Waals surface area contributed by atoms with Gasteiger partial charge in [0.2, 0.25) is 0 Å². The van der Waals surface area contributed by atoms with Crippen LogP contribution >= 0.6 is 0 Å². The highest BCUT2D eigenvalue weighted by atomic mass is 19.1. The zero-order valence-electron chi connectivity index (χ0n) is 10.2. The summed E-state index contributed by atoms with van der Waals surface area (Å²) < 4.78 is 13.4. The Bertz CT molecular complexity index is 382. The topological polar surface area (TPSA) is 15.3 Å². The van der Waals surface area contributed by atoms with Gasteiger partial charge in [-0.15, -0.1) is 0 Å². The van der Waals surface area contributed by atoms with Crippen LogP contribution in [0.15, 0.2) is 18.2 Å². The third kappa shape index (κ3) is 1.92. The molecule has 0 saturated carbocycles. The second-order valence-electron chi connectivity index (χ2n) is 4.92. The molecule has 0 amide bonds. The molecule has 0 aliphatic carbocycles. The summed E-state index contributed by atoms with van der Waals surface area (Å²) >= 11 is 0. The molecule has 1 heterocycles. The van der Waals surface area contributed by atoms with Gasteiger partial charge in [-0.05, 0) is 50.1 Å². The van der Waals surface area contributed by atoms with Crippen molar-refractivity contribution in [3.63, 3.8) is 0 Å². The van der Waals surface area contributed by atoms with Crippen LogP contribution in [0.5, 0.6) is 0 Å². The lowest BCUT2D eigenvalue weighted by Crippen LogP contribution is -2.34. The van der Waals surface area contributed by atoms with Crippen LogP contribution in [0.2, 0.25) is 0 Å². The summed E-state index contributed by atoms with van der Waals surface area (Å²) in [6.07, 6.45) is 2.22. The van der Waals surface area contributed by atoms with E-state index >= 15 is 0 Å². The predicted molar refractivity (Wildman–Crippen MR) is 65.3 cm³/mol. The van der Waals surface area contributed by atoms with Crippen LogP contribution in [0.25, 0.3) is 0 Å². The standard InChI is InChI=1S/C13H19FN2/c1-13(7-4-8-15-13)11-9-10(14)5-6-12(11)16(2)3/h5-6,9,15H,4,7-8H2,1-3H3. The molecule has 0 spiro atoms. The first-order valence-electron chi connectivity index (χ1n) is 5.75. The normalized spacial score (nSPS) is 24.8. The van der Waals surface area contributed by atoms with E-state index in [0.29, 0.717) is 0 Å². The van der Waals surface area contributed by atoms with Gasteiger partial charge in [-0.3, -0.25) is 0 Å². The van der Waals surface area contributed by atoms with Crippen molar-refractivity contribution in [3.8, 4) is 0 Å². The van der Waals surface area contributed by atoms with Crippen molar-refractivity contribution in [2.45, 2.75) is 25.3 Å². The van der Waals surface area contributed by atoms with Gasteiger partial charge in [-0.2, -0.15) is 0 Å². The number of anilines is 1. The van der Waals surface area contributed by atoms with Crippen LogP contribution < -0.4 is 10.2 Å². The number of nitrogens with zero attached hydrogens (tertiary/aromatic N) is 1. The minimum absolute atomic E-state index is 0.0816. The highest BCUT2D eigenvalue weighted by Gasteiger charge is 2.32. The molecule has 0 aromatic heterocycles. The summed E-state index contributed by atoms with van der Waals surface area (Å²) in [5.41, 5.74) is 2.08. The van der Waals surface area contributed by atoms with Crippen molar-refractivity contribution in [1.82, 2.24) is 5.32 Å². The maximum atomic E-state index is 13.4. The minimum atomic E-state index is -0.157. The molecule has 1 unspecified atom stereocenters. The highest BCUT2D eigenvalue weighted by molar-refractivity contribution is 5.56. The predicted octanol–water partition coefficient (Wildman–Crippen LogP) is 2.49. The number of halogens is 1. The lowest BCUT2D eigenvalue weighted by molar-refractivity contribution is 0.432. The van der Waals surface area contributed by atoms with E-state index in [-0.39, 0.29) is 11.4 Å². The molecule has 2 rings (SSSR count). The van der Waals surface area contributed by atoms with Crippen molar-refractivity contribution in [1.29, 1.82) is 0 Å². The number of nitrogens with one attached hydrogen (secondary N) is 1. The second-order valence-corrected chi connectivity index (χ2v) is 4.92. The molecule has 1 aromatic carbocycles.